The van der Waals surface area contributed by atoms with E-state index >= 15 is 0 Å². The summed E-state index contributed by atoms with van der Waals surface area (Å²) in [5.41, 5.74) is 11.0. The zero-order chi connectivity index (χ0) is 10.2. The summed E-state index contributed by atoms with van der Waals surface area (Å²) in [6.45, 7) is 4.12. The molecule has 1 heterocycles. The Morgan fingerprint density at radius 3 is 2.43 bits per heavy atom. The Balaban J connectivity index is 2.25. The average Bonchev–Trinajstić information content (AvgIpc) is 2.67. The van der Waals surface area contributed by atoms with Gasteiger partial charge < -0.3 is 21.4 Å². The van der Waals surface area contributed by atoms with Crippen LogP contribution in [0.4, 0.5) is 0 Å². The van der Waals surface area contributed by atoms with Crippen molar-refractivity contribution in [2.24, 2.45) is 11.5 Å². The number of nitrogens with zero attached hydrogens (tertiary/aromatic N) is 2. The van der Waals surface area contributed by atoms with Crippen molar-refractivity contribution in [2.45, 2.75) is 6.42 Å². The Kier molecular flexibility index (Phi) is 5.21. The van der Waals surface area contributed by atoms with Crippen LogP contribution in [-0.2, 0) is 6.42 Å². The van der Waals surface area contributed by atoms with E-state index in [4.69, 9.17) is 11.5 Å². The molecular formula is C9H19N5. The van der Waals surface area contributed by atoms with E-state index in [1.807, 2.05) is 6.20 Å². The molecule has 80 valence electrons. The van der Waals surface area contributed by atoms with Crippen molar-refractivity contribution >= 4 is 0 Å². The number of hydrogen-bond donors (Lipinski definition) is 3. The summed E-state index contributed by atoms with van der Waals surface area (Å²) in [4.78, 5) is 9.49. The molecule has 1 aromatic heterocycles. The molecule has 0 aromatic carbocycles. The van der Waals surface area contributed by atoms with Crippen molar-refractivity contribution in [3.8, 4) is 0 Å². The fourth-order valence-corrected chi connectivity index (χ4v) is 1.40. The molecule has 5 N–H and O–H groups in total. The number of H-pyrrole nitrogens is 1. The van der Waals surface area contributed by atoms with E-state index in [9.17, 15) is 0 Å². The Morgan fingerprint density at radius 1 is 1.21 bits per heavy atom. The van der Waals surface area contributed by atoms with Gasteiger partial charge >= 0.3 is 0 Å². The molecular weight excluding hydrogens is 178 g/mol. The Hall–Kier alpha value is -0.910. The first kappa shape index (κ1) is 11.2. The number of nitrogens with two attached hydrogens (primary N) is 2. The summed E-state index contributed by atoms with van der Waals surface area (Å²) in [6.07, 6.45) is 4.53. The molecule has 0 aliphatic rings. The summed E-state index contributed by atoms with van der Waals surface area (Å²) < 4.78 is 0. The van der Waals surface area contributed by atoms with Crippen molar-refractivity contribution in [3.05, 3.63) is 18.2 Å². The fraction of sp³-hybridized carbons (Fsp3) is 0.667. The highest BCUT2D eigenvalue weighted by Gasteiger charge is 2.03. The highest BCUT2D eigenvalue weighted by atomic mass is 15.1. The van der Waals surface area contributed by atoms with Gasteiger partial charge in [-0.25, -0.2) is 4.98 Å². The first-order valence-corrected chi connectivity index (χ1v) is 4.97. The molecule has 0 radical (unpaired) electrons. The third kappa shape index (κ3) is 3.87. The molecule has 0 aliphatic carbocycles. The van der Waals surface area contributed by atoms with E-state index in [-0.39, 0.29) is 0 Å². The number of nitrogens with one attached hydrogen (secondary N) is 1. The monoisotopic (exact) mass is 197 g/mol. The summed E-state index contributed by atoms with van der Waals surface area (Å²) in [7, 11) is 0. The standard InChI is InChI=1S/C9H19N5/c10-2-7-14(8-3-11)6-1-9-12-4-5-13-9/h4-5H,1-3,6-8,10-11H2,(H,12,13). The molecule has 0 saturated carbocycles. The molecule has 0 saturated heterocycles. The van der Waals surface area contributed by atoms with Crippen LogP contribution >= 0.6 is 0 Å². The van der Waals surface area contributed by atoms with Gasteiger partial charge in [0.05, 0.1) is 0 Å². The van der Waals surface area contributed by atoms with Crippen LogP contribution in [0.1, 0.15) is 5.82 Å². The molecule has 0 spiro atoms. The van der Waals surface area contributed by atoms with Crippen LogP contribution < -0.4 is 11.5 Å². The molecule has 0 fully saturated rings. The second kappa shape index (κ2) is 6.53. The quantitative estimate of drug-likeness (QED) is 0.533. The molecule has 14 heavy (non-hydrogen) atoms. The van der Waals surface area contributed by atoms with E-state index in [1.165, 1.54) is 0 Å². The molecule has 0 bridgehead atoms. The maximum absolute atomic E-state index is 5.50. The van der Waals surface area contributed by atoms with Crippen LogP contribution in [0.25, 0.3) is 0 Å². The summed E-state index contributed by atoms with van der Waals surface area (Å²) in [6, 6.07) is 0. The number of imidazole rings is 1. The molecule has 5 heteroatoms. The lowest BCUT2D eigenvalue weighted by atomic mass is 10.3. The zero-order valence-electron chi connectivity index (χ0n) is 8.45. The maximum Gasteiger partial charge on any atom is 0.107 e. The van der Waals surface area contributed by atoms with Crippen LogP contribution in [0.15, 0.2) is 12.4 Å². The lowest BCUT2D eigenvalue weighted by Crippen LogP contribution is -2.35. The van der Waals surface area contributed by atoms with Crippen LogP contribution in [-0.4, -0.2) is 47.6 Å². The topological polar surface area (TPSA) is 84.0 Å². The van der Waals surface area contributed by atoms with Crippen LogP contribution in [0.2, 0.25) is 0 Å². The molecule has 0 unspecified atom stereocenters. The van der Waals surface area contributed by atoms with E-state index in [0.29, 0.717) is 13.1 Å². The normalized spacial score (nSPS) is 11.1. The van der Waals surface area contributed by atoms with Gasteiger partial charge in [-0.3, -0.25) is 0 Å². The summed E-state index contributed by atoms with van der Waals surface area (Å²) >= 11 is 0. The van der Waals surface area contributed by atoms with Gasteiger partial charge in [-0.1, -0.05) is 0 Å². The molecule has 0 amide bonds. The van der Waals surface area contributed by atoms with Crippen molar-refractivity contribution in [3.63, 3.8) is 0 Å². The summed E-state index contributed by atoms with van der Waals surface area (Å²) in [5, 5.41) is 0. The van der Waals surface area contributed by atoms with Gasteiger partial charge in [0.2, 0.25) is 0 Å². The molecule has 1 aromatic rings. The highest BCUT2D eigenvalue weighted by Crippen LogP contribution is 1.94. The number of aromatic amines is 1. The molecule has 5 nitrogen and oxygen atoms in total. The minimum Gasteiger partial charge on any atom is -0.349 e. The summed E-state index contributed by atoms with van der Waals surface area (Å²) in [5.74, 6) is 1.02. The highest BCUT2D eigenvalue weighted by molar-refractivity contribution is 4.87. The lowest BCUT2D eigenvalue weighted by molar-refractivity contribution is 0.291. The number of hydrogen-bond acceptors (Lipinski definition) is 4. The predicted octanol–water partition coefficient (Wildman–Crippen LogP) is -0.828. The third-order valence-corrected chi connectivity index (χ3v) is 2.11. The SMILES string of the molecule is NCCN(CCN)CCc1ncc[nH]1. The van der Waals surface area contributed by atoms with Crippen molar-refractivity contribution in [1.82, 2.24) is 14.9 Å². The van der Waals surface area contributed by atoms with Crippen molar-refractivity contribution < 1.29 is 0 Å². The Bertz CT molecular complexity index is 215. The molecule has 1 rings (SSSR count). The number of aromatic nitrogens is 2. The van der Waals surface area contributed by atoms with Crippen LogP contribution in [0.5, 0.6) is 0 Å². The second-order valence-electron chi connectivity index (χ2n) is 3.20. The van der Waals surface area contributed by atoms with E-state index in [1.54, 1.807) is 6.20 Å². The minimum absolute atomic E-state index is 0.679. The third-order valence-electron chi connectivity index (χ3n) is 2.11. The predicted molar refractivity (Wildman–Crippen MR) is 56.8 cm³/mol. The largest absolute Gasteiger partial charge is 0.349 e. The van der Waals surface area contributed by atoms with Crippen LogP contribution in [0.3, 0.4) is 0 Å². The van der Waals surface area contributed by atoms with E-state index in [0.717, 1.165) is 31.9 Å². The second-order valence-corrected chi connectivity index (χ2v) is 3.20. The first-order valence-electron chi connectivity index (χ1n) is 4.97. The van der Waals surface area contributed by atoms with Gasteiger partial charge in [-0.05, 0) is 0 Å². The zero-order valence-corrected chi connectivity index (χ0v) is 8.45. The number of rotatable bonds is 7. The van der Waals surface area contributed by atoms with Crippen LogP contribution in [0, 0.1) is 0 Å². The van der Waals surface area contributed by atoms with Gasteiger partial charge in [0.1, 0.15) is 5.82 Å². The smallest absolute Gasteiger partial charge is 0.107 e. The first-order chi connectivity index (χ1) is 6.86. The minimum atomic E-state index is 0.679. The van der Waals surface area contributed by atoms with Gasteiger partial charge in [-0.2, -0.15) is 0 Å². The molecule has 0 atom stereocenters. The van der Waals surface area contributed by atoms with E-state index < -0.39 is 0 Å². The van der Waals surface area contributed by atoms with Gasteiger partial charge in [0.15, 0.2) is 0 Å². The van der Waals surface area contributed by atoms with Gasteiger partial charge in [0.25, 0.3) is 0 Å². The molecule has 0 aliphatic heterocycles. The van der Waals surface area contributed by atoms with Crippen molar-refractivity contribution in [1.29, 1.82) is 0 Å². The van der Waals surface area contributed by atoms with Crippen molar-refractivity contribution in [2.75, 3.05) is 32.7 Å². The van der Waals surface area contributed by atoms with Gasteiger partial charge in [-0.15, -0.1) is 0 Å². The average molecular weight is 197 g/mol. The lowest BCUT2D eigenvalue weighted by Gasteiger charge is -2.19. The Morgan fingerprint density at radius 2 is 1.93 bits per heavy atom. The van der Waals surface area contributed by atoms with E-state index in [2.05, 4.69) is 14.9 Å². The van der Waals surface area contributed by atoms with Gasteiger partial charge in [0, 0.05) is 51.5 Å². The fourth-order valence-electron chi connectivity index (χ4n) is 1.40. The Labute approximate surface area is 84.5 Å². The maximum atomic E-state index is 5.50.